The number of amides is 3. The molecule has 0 unspecified atom stereocenters. The van der Waals surface area contributed by atoms with Crippen LogP contribution in [0.15, 0.2) is 18.2 Å². The fourth-order valence-electron chi connectivity index (χ4n) is 4.69. The Bertz CT molecular complexity index is 860. The van der Waals surface area contributed by atoms with Gasteiger partial charge in [0.1, 0.15) is 11.4 Å². The average Bonchev–Trinajstić information content (AvgIpc) is 2.95. The predicted molar refractivity (Wildman–Crippen MR) is 108 cm³/mol. The van der Waals surface area contributed by atoms with Crippen molar-refractivity contribution in [2.24, 2.45) is 0 Å². The van der Waals surface area contributed by atoms with Crippen LogP contribution in [-0.4, -0.2) is 81.1 Å². The highest BCUT2D eigenvalue weighted by Gasteiger charge is 2.54. The van der Waals surface area contributed by atoms with Crippen molar-refractivity contribution in [1.29, 1.82) is 0 Å². The first kappa shape index (κ1) is 20.7. The van der Waals surface area contributed by atoms with Crippen LogP contribution in [0, 0.1) is 5.82 Å². The number of anilines is 1. The lowest BCUT2D eigenvalue weighted by molar-refractivity contribution is -0.907. The third kappa shape index (κ3) is 3.79. The number of ketones is 1. The van der Waals surface area contributed by atoms with Crippen molar-refractivity contribution in [2.75, 3.05) is 57.9 Å². The number of Topliss-reactive ketones (excluding diaryl/α,β-unsaturated/α-hetero) is 1. The van der Waals surface area contributed by atoms with Gasteiger partial charge in [0.2, 0.25) is 0 Å². The van der Waals surface area contributed by atoms with Crippen LogP contribution in [0.1, 0.15) is 30.1 Å². The van der Waals surface area contributed by atoms with Gasteiger partial charge < -0.3 is 20.0 Å². The first-order valence-electron chi connectivity index (χ1n) is 10.6. The fraction of sp³-hybridized carbons (Fsp3) is 0.571. The summed E-state index contributed by atoms with van der Waals surface area (Å²) in [4.78, 5) is 42.8. The number of halogens is 1. The van der Waals surface area contributed by atoms with Crippen molar-refractivity contribution in [1.82, 2.24) is 10.2 Å². The minimum absolute atomic E-state index is 0.0965. The number of quaternary nitrogens is 2. The lowest BCUT2D eigenvalue weighted by atomic mass is 9.88. The van der Waals surface area contributed by atoms with E-state index in [1.165, 1.54) is 22.8 Å². The van der Waals surface area contributed by atoms with Crippen LogP contribution in [0.25, 0.3) is 0 Å². The number of likely N-dealkylation sites (tertiary alicyclic amines) is 1. The molecule has 3 fully saturated rings. The number of piperazine rings is 1. The molecule has 3 amide bonds. The van der Waals surface area contributed by atoms with E-state index in [0.717, 1.165) is 18.0 Å². The number of hydrogen-bond donors (Lipinski definition) is 3. The molecule has 3 saturated heterocycles. The molecule has 0 saturated carbocycles. The van der Waals surface area contributed by atoms with Gasteiger partial charge in [-0.25, -0.2) is 14.1 Å². The zero-order chi connectivity index (χ0) is 21.5. The maximum atomic E-state index is 14.4. The zero-order valence-corrected chi connectivity index (χ0v) is 17.6. The summed E-state index contributed by atoms with van der Waals surface area (Å²) >= 11 is 0. The number of rotatable bonds is 4. The molecule has 0 aliphatic carbocycles. The standard InChI is InChI=1S/C21H28FN5O3/c1-15(28)16-3-4-18(17(22)13-16)26-11-9-25(10-12-26)14-27-19(29)21(23-20(27)30)5-7-24(2)8-6-21/h3-4,13H,5-12,14H2,1-2H3,(H,23,30)/p+2. The Morgan fingerprint density at radius 3 is 2.43 bits per heavy atom. The second-order valence-electron chi connectivity index (χ2n) is 8.82. The molecule has 3 heterocycles. The molecule has 0 atom stereocenters. The van der Waals surface area contributed by atoms with Gasteiger partial charge in [-0.15, -0.1) is 0 Å². The van der Waals surface area contributed by atoms with E-state index in [9.17, 15) is 18.8 Å². The van der Waals surface area contributed by atoms with Gasteiger partial charge in [0.15, 0.2) is 12.5 Å². The minimum Gasteiger partial charge on any atom is -0.358 e. The molecule has 4 rings (SSSR count). The largest absolute Gasteiger partial charge is 0.358 e. The Hall–Kier alpha value is -2.52. The molecule has 0 bridgehead atoms. The number of hydrogen-bond acceptors (Lipinski definition) is 4. The maximum Gasteiger partial charge on any atom is 0.329 e. The van der Waals surface area contributed by atoms with E-state index < -0.39 is 11.4 Å². The van der Waals surface area contributed by atoms with Gasteiger partial charge in [0, 0.05) is 18.4 Å². The number of nitrogens with zero attached hydrogens (tertiary/aromatic N) is 2. The van der Waals surface area contributed by atoms with E-state index in [1.54, 1.807) is 12.1 Å². The summed E-state index contributed by atoms with van der Waals surface area (Å²) in [6, 6.07) is 4.30. The van der Waals surface area contributed by atoms with Crippen LogP contribution >= 0.6 is 0 Å². The maximum absolute atomic E-state index is 14.4. The molecule has 8 nitrogen and oxygen atoms in total. The molecule has 1 aromatic carbocycles. The highest BCUT2D eigenvalue weighted by Crippen LogP contribution is 2.25. The van der Waals surface area contributed by atoms with Gasteiger partial charge in [-0.2, -0.15) is 0 Å². The van der Waals surface area contributed by atoms with E-state index >= 15 is 0 Å². The number of carbonyl (C=O) groups excluding carboxylic acids is 3. The van der Waals surface area contributed by atoms with E-state index in [0.29, 0.717) is 56.9 Å². The summed E-state index contributed by atoms with van der Waals surface area (Å²) in [6.07, 6.45) is 1.36. The Labute approximate surface area is 175 Å². The van der Waals surface area contributed by atoms with E-state index in [4.69, 9.17) is 0 Å². The Balaban J connectivity index is 1.36. The van der Waals surface area contributed by atoms with Gasteiger partial charge in [-0.05, 0) is 25.1 Å². The number of urea groups is 1. The van der Waals surface area contributed by atoms with E-state index in [-0.39, 0.29) is 17.7 Å². The van der Waals surface area contributed by atoms with Gasteiger partial charge in [-0.3, -0.25) is 9.59 Å². The average molecular weight is 420 g/mol. The molecule has 162 valence electrons. The Morgan fingerprint density at radius 1 is 1.17 bits per heavy atom. The smallest absolute Gasteiger partial charge is 0.329 e. The van der Waals surface area contributed by atoms with Crippen molar-refractivity contribution in [3.8, 4) is 0 Å². The monoisotopic (exact) mass is 419 g/mol. The third-order valence-electron chi connectivity index (χ3n) is 6.75. The van der Waals surface area contributed by atoms with Crippen LogP contribution in [0.3, 0.4) is 0 Å². The second-order valence-corrected chi connectivity index (χ2v) is 8.82. The molecule has 1 aromatic rings. The van der Waals surface area contributed by atoms with Crippen molar-refractivity contribution in [3.05, 3.63) is 29.6 Å². The highest BCUT2D eigenvalue weighted by molar-refractivity contribution is 6.06. The van der Waals surface area contributed by atoms with Crippen molar-refractivity contribution < 1.29 is 28.6 Å². The van der Waals surface area contributed by atoms with Gasteiger partial charge in [0.25, 0.3) is 5.91 Å². The Kier molecular flexibility index (Phi) is 5.50. The van der Waals surface area contributed by atoms with Gasteiger partial charge in [-0.1, -0.05) is 0 Å². The van der Waals surface area contributed by atoms with Crippen molar-refractivity contribution in [3.63, 3.8) is 0 Å². The lowest BCUT2D eigenvalue weighted by Gasteiger charge is -2.35. The number of benzene rings is 1. The summed E-state index contributed by atoms with van der Waals surface area (Å²) in [5.74, 6) is -0.653. The number of piperidine rings is 1. The summed E-state index contributed by atoms with van der Waals surface area (Å²) in [5.41, 5.74) is 0.129. The summed E-state index contributed by atoms with van der Waals surface area (Å²) in [7, 11) is 2.10. The van der Waals surface area contributed by atoms with Gasteiger partial charge in [0.05, 0.1) is 52.0 Å². The van der Waals surface area contributed by atoms with Gasteiger partial charge >= 0.3 is 6.03 Å². The highest BCUT2D eigenvalue weighted by atomic mass is 19.1. The molecule has 0 aromatic heterocycles. The molecule has 3 aliphatic heterocycles. The molecule has 3 aliphatic rings. The number of nitrogens with one attached hydrogen (secondary N) is 3. The SMILES string of the molecule is CC(=O)c1ccc(N2CC[NH+](CN3C(=O)NC4(CC[NH+](C)CC4)C3=O)CC2)c(F)c1. The molecule has 9 heteroatoms. The number of carbonyl (C=O) groups is 3. The first-order chi connectivity index (χ1) is 14.3. The van der Waals surface area contributed by atoms with Crippen LogP contribution in [-0.2, 0) is 4.79 Å². The van der Waals surface area contributed by atoms with Crippen LogP contribution in [0.2, 0.25) is 0 Å². The molecular formula is C21H30FN5O3+2. The van der Waals surface area contributed by atoms with E-state index in [2.05, 4.69) is 12.4 Å². The Morgan fingerprint density at radius 2 is 1.83 bits per heavy atom. The normalized spacial score (nSPS) is 27.6. The lowest BCUT2D eigenvalue weighted by Crippen LogP contribution is -3.16. The molecule has 30 heavy (non-hydrogen) atoms. The number of imide groups is 1. The summed E-state index contributed by atoms with van der Waals surface area (Å²) in [5, 5.41) is 2.96. The fourth-order valence-corrected chi connectivity index (χ4v) is 4.69. The van der Waals surface area contributed by atoms with E-state index in [1.807, 2.05) is 4.90 Å². The summed E-state index contributed by atoms with van der Waals surface area (Å²) in [6.45, 7) is 6.15. The zero-order valence-electron chi connectivity index (χ0n) is 17.6. The topological polar surface area (TPSA) is 78.6 Å². The quantitative estimate of drug-likeness (QED) is 0.401. The predicted octanol–water partition coefficient (Wildman–Crippen LogP) is -1.71. The summed E-state index contributed by atoms with van der Waals surface area (Å²) < 4.78 is 14.4. The molecule has 1 spiro atoms. The van der Waals surface area contributed by atoms with Crippen LogP contribution in [0.5, 0.6) is 0 Å². The third-order valence-corrected chi connectivity index (χ3v) is 6.75. The second kappa shape index (κ2) is 7.96. The molecule has 3 N–H and O–H groups in total. The van der Waals surface area contributed by atoms with Crippen molar-refractivity contribution in [2.45, 2.75) is 25.3 Å². The first-order valence-corrected chi connectivity index (χ1v) is 10.6. The van der Waals surface area contributed by atoms with Crippen LogP contribution < -0.4 is 20.0 Å². The molecule has 0 radical (unpaired) electrons. The minimum atomic E-state index is -0.723. The molecular weight excluding hydrogens is 389 g/mol. The van der Waals surface area contributed by atoms with Crippen molar-refractivity contribution >= 4 is 23.4 Å². The van der Waals surface area contributed by atoms with Crippen LogP contribution in [0.4, 0.5) is 14.9 Å².